The van der Waals surface area contributed by atoms with Gasteiger partial charge in [0.2, 0.25) is 5.82 Å². The van der Waals surface area contributed by atoms with Crippen molar-refractivity contribution in [2.24, 2.45) is 0 Å². The highest BCUT2D eigenvalue weighted by molar-refractivity contribution is 5.97. The summed E-state index contributed by atoms with van der Waals surface area (Å²) in [6, 6.07) is 11.4. The van der Waals surface area contributed by atoms with E-state index in [1.807, 2.05) is 42.7 Å². The van der Waals surface area contributed by atoms with Gasteiger partial charge in [-0.05, 0) is 44.2 Å². The quantitative estimate of drug-likeness (QED) is 0.501. The maximum absolute atomic E-state index is 13.1. The SMILES string of the molecule is CC(C)n1cnc2cc(C(=O)N3CCOC(c4nc(-c5ccccn5)no4)C3)ccc21. The number of fused-ring (bicyclic) bond motifs is 1. The summed E-state index contributed by atoms with van der Waals surface area (Å²) in [6.07, 6.45) is 3.00. The van der Waals surface area contributed by atoms with Crippen molar-refractivity contribution in [1.29, 1.82) is 0 Å². The van der Waals surface area contributed by atoms with Crippen LogP contribution in [0.25, 0.3) is 22.6 Å². The fraction of sp³-hybridized carbons (Fsp3) is 0.318. The third kappa shape index (κ3) is 3.68. The minimum Gasteiger partial charge on any atom is -0.365 e. The van der Waals surface area contributed by atoms with Crippen molar-refractivity contribution >= 4 is 16.9 Å². The second-order valence-corrected chi connectivity index (χ2v) is 7.73. The normalized spacial score (nSPS) is 16.9. The maximum atomic E-state index is 13.1. The van der Waals surface area contributed by atoms with Crippen molar-refractivity contribution in [2.45, 2.75) is 26.0 Å². The van der Waals surface area contributed by atoms with Crippen LogP contribution < -0.4 is 0 Å². The molecule has 0 bridgehead atoms. The van der Waals surface area contributed by atoms with Crippen LogP contribution in [0.2, 0.25) is 0 Å². The van der Waals surface area contributed by atoms with Gasteiger partial charge in [-0.15, -0.1) is 0 Å². The summed E-state index contributed by atoms with van der Waals surface area (Å²) in [5, 5.41) is 4.00. The van der Waals surface area contributed by atoms with Crippen LogP contribution in [-0.4, -0.2) is 55.2 Å². The Bertz CT molecular complexity index is 1220. The summed E-state index contributed by atoms with van der Waals surface area (Å²) in [7, 11) is 0. The number of morpholine rings is 1. The lowest BCUT2D eigenvalue weighted by Gasteiger charge is -2.31. The third-order valence-electron chi connectivity index (χ3n) is 5.34. The Labute approximate surface area is 178 Å². The minimum atomic E-state index is -0.480. The number of rotatable bonds is 4. The Kier molecular flexibility index (Phi) is 4.95. The number of carbonyl (C=O) groups is 1. The first-order chi connectivity index (χ1) is 15.1. The summed E-state index contributed by atoms with van der Waals surface area (Å²) in [5.41, 5.74) is 3.04. The molecule has 1 atom stereocenters. The molecule has 1 unspecified atom stereocenters. The van der Waals surface area contributed by atoms with Crippen molar-refractivity contribution in [1.82, 2.24) is 29.6 Å². The average Bonchev–Trinajstić information content (AvgIpc) is 3.46. The van der Waals surface area contributed by atoms with Crippen LogP contribution in [0.4, 0.5) is 0 Å². The van der Waals surface area contributed by atoms with Gasteiger partial charge in [0, 0.05) is 24.3 Å². The first-order valence-corrected chi connectivity index (χ1v) is 10.2. The number of hydrogen-bond donors (Lipinski definition) is 0. The zero-order valence-corrected chi connectivity index (χ0v) is 17.3. The van der Waals surface area contributed by atoms with E-state index in [2.05, 4.69) is 38.5 Å². The van der Waals surface area contributed by atoms with E-state index < -0.39 is 6.10 Å². The van der Waals surface area contributed by atoms with Gasteiger partial charge >= 0.3 is 0 Å². The van der Waals surface area contributed by atoms with E-state index in [0.29, 0.717) is 48.7 Å². The van der Waals surface area contributed by atoms with Crippen LogP contribution in [0.5, 0.6) is 0 Å². The zero-order chi connectivity index (χ0) is 21.4. The van der Waals surface area contributed by atoms with Gasteiger partial charge in [0.05, 0.1) is 30.5 Å². The minimum absolute atomic E-state index is 0.0706. The van der Waals surface area contributed by atoms with Gasteiger partial charge in [-0.25, -0.2) is 4.98 Å². The first-order valence-electron chi connectivity index (χ1n) is 10.2. The molecule has 1 fully saturated rings. The Morgan fingerprint density at radius 2 is 2.10 bits per heavy atom. The lowest BCUT2D eigenvalue weighted by Crippen LogP contribution is -2.42. The molecule has 5 rings (SSSR count). The molecular formula is C22H22N6O3. The molecular weight excluding hydrogens is 396 g/mol. The first kappa shape index (κ1) is 19.4. The molecule has 1 aliphatic rings. The van der Waals surface area contributed by atoms with Gasteiger partial charge < -0.3 is 18.7 Å². The van der Waals surface area contributed by atoms with Gasteiger partial charge in [0.15, 0.2) is 6.10 Å². The van der Waals surface area contributed by atoms with E-state index in [4.69, 9.17) is 9.26 Å². The number of hydrogen-bond acceptors (Lipinski definition) is 7. The van der Waals surface area contributed by atoms with Gasteiger partial charge in [0.1, 0.15) is 5.69 Å². The molecule has 0 N–H and O–H groups in total. The summed E-state index contributed by atoms with van der Waals surface area (Å²) < 4.78 is 13.3. The molecule has 9 heteroatoms. The highest BCUT2D eigenvalue weighted by Gasteiger charge is 2.30. The summed E-state index contributed by atoms with van der Waals surface area (Å²) in [4.78, 5) is 28.0. The number of carbonyl (C=O) groups excluding carboxylic acids is 1. The van der Waals surface area contributed by atoms with Crippen molar-refractivity contribution in [3.63, 3.8) is 0 Å². The molecule has 4 aromatic rings. The standard InChI is InChI=1S/C22H22N6O3/c1-14(2)28-13-24-17-11-15(6-7-18(17)28)22(29)27-9-10-30-19(12-27)21-25-20(26-31-21)16-5-3-4-8-23-16/h3-8,11,13-14,19H,9-10,12H2,1-2H3. The molecule has 0 aliphatic carbocycles. The van der Waals surface area contributed by atoms with E-state index in [9.17, 15) is 4.79 Å². The van der Waals surface area contributed by atoms with E-state index in [1.54, 1.807) is 11.1 Å². The van der Waals surface area contributed by atoms with Crippen molar-refractivity contribution < 1.29 is 14.1 Å². The monoisotopic (exact) mass is 418 g/mol. The summed E-state index contributed by atoms with van der Waals surface area (Å²) in [6.45, 7) is 5.42. The topological polar surface area (TPSA) is 99.2 Å². The highest BCUT2D eigenvalue weighted by Crippen LogP contribution is 2.25. The van der Waals surface area contributed by atoms with Crippen molar-refractivity contribution in [2.75, 3.05) is 19.7 Å². The number of amides is 1. The number of ether oxygens (including phenoxy) is 1. The number of aromatic nitrogens is 5. The Hall–Kier alpha value is -3.59. The molecule has 4 heterocycles. The largest absolute Gasteiger partial charge is 0.365 e. The Morgan fingerprint density at radius 3 is 2.90 bits per heavy atom. The smallest absolute Gasteiger partial charge is 0.257 e. The van der Waals surface area contributed by atoms with E-state index in [0.717, 1.165) is 11.0 Å². The Morgan fingerprint density at radius 1 is 1.19 bits per heavy atom. The molecule has 1 saturated heterocycles. The fourth-order valence-electron chi connectivity index (χ4n) is 3.71. The number of nitrogens with zero attached hydrogens (tertiary/aromatic N) is 6. The molecule has 0 saturated carbocycles. The molecule has 158 valence electrons. The third-order valence-corrected chi connectivity index (χ3v) is 5.34. The van der Waals surface area contributed by atoms with Crippen LogP contribution >= 0.6 is 0 Å². The highest BCUT2D eigenvalue weighted by atomic mass is 16.5. The molecule has 0 radical (unpaired) electrons. The van der Waals surface area contributed by atoms with Crippen molar-refractivity contribution in [3.05, 3.63) is 60.4 Å². The van der Waals surface area contributed by atoms with Gasteiger partial charge in [-0.1, -0.05) is 11.2 Å². The summed E-state index contributed by atoms with van der Waals surface area (Å²) >= 11 is 0. The van der Waals surface area contributed by atoms with Gasteiger partial charge in [0.25, 0.3) is 11.8 Å². The van der Waals surface area contributed by atoms with Crippen LogP contribution in [0.1, 0.15) is 42.2 Å². The van der Waals surface area contributed by atoms with Crippen LogP contribution in [0, 0.1) is 0 Å². The lowest BCUT2D eigenvalue weighted by atomic mass is 10.1. The molecule has 0 spiro atoms. The second-order valence-electron chi connectivity index (χ2n) is 7.73. The molecule has 31 heavy (non-hydrogen) atoms. The molecule has 1 amide bonds. The zero-order valence-electron chi connectivity index (χ0n) is 17.3. The van der Waals surface area contributed by atoms with Crippen LogP contribution in [0.3, 0.4) is 0 Å². The number of imidazole rings is 1. The lowest BCUT2D eigenvalue weighted by molar-refractivity contribution is -0.0367. The van der Waals surface area contributed by atoms with Crippen LogP contribution in [0.15, 0.2) is 53.4 Å². The predicted octanol–water partition coefficient (Wildman–Crippen LogP) is 3.28. The van der Waals surface area contributed by atoms with Crippen LogP contribution in [-0.2, 0) is 4.74 Å². The second kappa shape index (κ2) is 7.92. The molecule has 1 aliphatic heterocycles. The number of pyridine rings is 1. The van der Waals surface area contributed by atoms with E-state index >= 15 is 0 Å². The average molecular weight is 418 g/mol. The molecule has 1 aromatic carbocycles. The van der Waals surface area contributed by atoms with Gasteiger partial charge in [-0.2, -0.15) is 4.98 Å². The summed E-state index contributed by atoms with van der Waals surface area (Å²) in [5.74, 6) is 0.664. The van der Waals surface area contributed by atoms with E-state index in [-0.39, 0.29) is 5.91 Å². The molecule has 9 nitrogen and oxygen atoms in total. The maximum Gasteiger partial charge on any atom is 0.257 e. The van der Waals surface area contributed by atoms with Crippen molar-refractivity contribution in [3.8, 4) is 11.5 Å². The predicted molar refractivity (Wildman–Crippen MR) is 112 cm³/mol. The number of benzene rings is 1. The van der Waals surface area contributed by atoms with Gasteiger partial charge in [-0.3, -0.25) is 9.78 Å². The molecule has 3 aromatic heterocycles. The fourth-order valence-corrected chi connectivity index (χ4v) is 3.71. The van der Waals surface area contributed by atoms with E-state index in [1.165, 1.54) is 0 Å². The Balaban J connectivity index is 1.34.